The van der Waals surface area contributed by atoms with Gasteiger partial charge in [0.05, 0.1) is 33.3 Å². The number of aromatic nitrogens is 1. The SMILES string of the molecule is Cc1ccc(N=Nc2ccc(O)cc2N2C(=O)C(Cl)C2c2cc(N=Nc3nc4ccccc4s3)ccc2O)cc1. The second-order valence-electron chi connectivity index (χ2n) is 9.17. The summed E-state index contributed by atoms with van der Waals surface area (Å²) in [7, 11) is 0. The third kappa shape index (κ3) is 4.90. The fourth-order valence-corrected chi connectivity index (χ4v) is 5.52. The number of amides is 1. The maximum absolute atomic E-state index is 13.0. The van der Waals surface area contributed by atoms with Crippen LogP contribution in [0, 0.1) is 6.92 Å². The lowest BCUT2D eigenvalue weighted by Crippen LogP contribution is -2.56. The maximum atomic E-state index is 13.0. The zero-order valence-electron chi connectivity index (χ0n) is 21.0. The Bertz CT molecular complexity index is 1770. The van der Waals surface area contributed by atoms with Crippen LogP contribution in [-0.2, 0) is 4.79 Å². The monoisotopic (exact) mass is 568 g/mol. The lowest BCUT2D eigenvalue weighted by Gasteiger charge is -2.44. The Kier molecular flexibility index (Phi) is 6.71. The molecule has 1 saturated heterocycles. The zero-order chi connectivity index (χ0) is 27.8. The van der Waals surface area contributed by atoms with Crippen LogP contribution < -0.4 is 4.90 Å². The summed E-state index contributed by atoms with van der Waals surface area (Å²) < 4.78 is 0.998. The molecular weight excluding hydrogens is 548 g/mol. The van der Waals surface area contributed by atoms with Crippen LogP contribution in [0.1, 0.15) is 17.2 Å². The average molecular weight is 569 g/mol. The fraction of sp³-hybridized carbons (Fsp3) is 0.103. The van der Waals surface area contributed by atoms with Gasteiger partial charge in [0.15, 0.2) is 0 Å². The standard InChI is InChI=1S/C29H21ClN6O3S/c1-16-6-8-17(9-7-16)32-34-21-12-11-19(37)15-23(21)36-27(26(30)28(36)39)20-14-18(10-13-24(20)38)33-35-29-31-22-4-2-3-5-25(22)40-29/h2-15,26-27,37-38H,1H3. The van der Waals surface area contributed by atoms with Crippen molar-refractivity contribution < 1.29 is 15.0 Å². The van der Waals surface area contributed by atoms with E-state index in [0.717, 1.165) is 15.8 Å². The Morgan fingerprint density at radius 3 is 2.42 bits per heavy atom. The molecule has 1 aliphatic rings. The van der Waals surface area contributed by atoms with Crippen LogP contribution in [0.3, 0.4) is 0 Å². The summed E-state index contributed by atoms with van der Waals surface area (Å²) in [4.78, 5) is 18.9. The van der Waals surface area contributed by atoms with Crippen molar-refractivity contribution in [2.24, 2.45) is 20.5 Å². The Labute approximate surface area is 237 Å². The minimum atomic E-state index is -0.952. The number of aromatic hydroxyl groups is 2. The number of rotatable bonds is 6. The molecule has 11 heteroatoms. The summed E-state index contributed by atoms with van der Waals surface area (Å²) in [6, 6.07) is 23.6. The number of benzene rings is 4. The number of phenolic OH excluding ortho intramolecular Hbond substituents is 2. The van der Waals surface area contributed by atoms with Crippen molar-refractivity contribution in [3.63, 3.8) is 0 Å². The lowest BCUT2D eigenvalue weighted by atomic mass is 9.91. The van der Waals surface area contributed by atoms with Crippen molar-refractivity contribution >= 4 is 66.9 Å². The molecular formula is C29H21ClN6O3S. The number of hydrogen-bond donors (Lipinski definition) is 2. The molecule has 0 bridgehead atoms. The third-order valence-corrected chi connectivity index (χ3v) is 7.76. The molecule has 2 unspecified atom stereocenters. The van der Waals surface area contributed by atoms with Gasteiger partial charge in [-0.1, -0.05) is 41.2 Å². The van der Waals surface area contributed by atoms with Crippen molar-refractivity contribution in [1.82, 2.24) is 4.98 Å². The van der Waals surface area contributed by atoms with Crippen molar-refractivity contribution in [2.45, 2.75) is 18.3 Å². The summed E-state index contributed by atoms with van der Waals surface area (Å²) in [5, 5.41) is 37.7. The van der Waals surface area contributed by atoms with Crippen LogP contribution in [0.2, 0.25) is 0 Å². The van der Waals surface area contributed by atoms with Gasteiger partial charge in [0.2, 0.25) is 11.0 Å². The van der Waals surface area contributed by atoms with E-state index >= 15 is 0 Å². The number of fused-ring (bicyclic) bond motifs is 1. The first-order valence-corrected chi connectivity index (χ1v) is 13.5. The first-order chi connectivity index (χ1) is 19.4. The number of hydrogen-bond acceptors (Lipinski definition) is 9. The molecule has 0 radical (unpaired) electrons. The van der Waals surface area contributed by atoms with Gasteiger partial charge >= 0.3 is 0 Å². The van der Waals surface area contributed by atoms with Gasteiger partial charge < -0.3 is 10.2 Å². The minimum Gasteiger partial charge on any atom is -0.508 e. The highest BCUT2D eigenvalue weighted by Crippen LogP contribution is 2.49. The topological polar surface area (TPSA) is 123 Å². The number of thiazole rings is 1. The number of halogens is 1. The highest BCUT2D eigenvalue weighted by molar-refractivity contribution is 7.21. The molecule has 2 heterocycles. The van der Waals surface area contributed by atoms with E-state index < -0.39 is 17.3 Å². The molecule has 0 spiro atoms. The van der Waals surface area contributed by atoms with Gasteiger partial charge in [-0.05, 0) is 61.5 Å². The number of anilines is 1. The van der Waals surface area contributed by atoms with Gasteiger partial charge in [0.1, 0.15) is 22.6 Å². The van der Waals surface area contributed by atoms with Crippen LogP contribution in [0.5, 0.6) is 11.5 Å². The highest BCUT2D eigenvalue weighted by Gasteiger charge is 2.50. The van der Waals surface area contributed by atoms with Crippen LogP contribution in [0.15, 0.2) is 105 Å². The number of carbonyl (C=O) groups excluding carboxylic acids is 1. The summed E-state index contributed by atoms with van der Waals surface area (Å²) in [6.07, 6.45) is 0. The third-order valence-electron chi connectivity index (χ3n) is 6.42. The van der Waals surface area contributed by atoms with E-state index in [1.54, 1.807) is 18.2 Å². The number of nitrogens with zero attached hydrogens (tertiary/aromatic N) is 6. The molecule has 2 atom stereocenters. The van der Waals surface area contributed by atoms with E-state index in [2.05, 4.69) is 25.4 Å². The quantitative estimate of drug-likeness (QED) is 0.121. The Balaban J connectivity index is 1.33. The Morgan fingerprint density at radius 1 is 0.875 bits per heavy atom. The molecule has 1 aromatic heterocycles. The predicted molar refractivity (Wildman–Crippen MR) is 155 cm³/mol. The first kappa shape index (κ1) is 25.6. The van der Waals surface area contributed by atoms with Gasteiger partial charge in [0, 0.05) is 11.6 Å². The van der Waals surface area contributed by atoms with Gasteiger partial charge in [0.25, 0.3) is 0 Å². The predicted octanol–water partition coefficient (Wildman–Crippen LogP) is 8.54. The van der Waals surface area contributed by atoms with Crippen LogP contribution in [0.4, 0.5) is 27.9 Å². The molecule has 40 heavy (non-hydrogen) atoms. The first-order valence-electron chi connectivity index (χ1n) is 12.3. The lowest BCUT2D eigenvalue weighted by molar-refractivity contribution is -0.123. The number of phenols is 2. The molecule has 1 fully saturated rings. The summed E-state index contributed by atoms with van der Waals surface area (Å²) >= 11 is 7.90. The Hall–Kier alpha value is -4.67. The van der Waals surface area contributed by atoms with E-state index in [4.69, 9.17) is 11.6 Å². The van der Waals surface area contributed by atoms with E-state index in [9.17, 15) is 15.0 Å². The Morgan fingerprint density at radius 2 is 1.62 bits per heavy atom. The van der Waals surface area contributed by atoms with Crippen LogP contribution in [0.25, 0.3) is 10.2 Å². The van der Waals surface area contributed by atoms with Gasteiger partial charge in [-0.3, -0.25) is 9.69 Å². The van der Waals surface area contributed by atoms with E-state index in [-0.39, 0.29) is 11.5 Å². The number of aryl methyl sites for hydroxylation is 1. The largest absolute Gasteiger partial charge is 0.508 e. The number of alkyl halides is 1. The summed E-state index contributed by atoms with van der Waals surface area (Å²) in [6.45, 7) is 1.98. The molecule has 1 aliphatic heterocycles. The van der Waals surface area contributed by atoms with E-state index in [1.165, 1.54) is 34.4 Å². The molecule has 198 valence electrons. The number of azo groups is 2. The molecule has 0 saturated carbocycles. The van der Waals surface area contributed by atoms with Gasteiger partial charge in [-0.2, -0.15) is 5.11 Å². The number of β-lactam (4-membered cyclic amide) rings is 1. The van der Waals surface area contributed by atoms with Gasteiger partial charge in [-0.15, -0.1) is 26.9 Å². The molecule has 9 nitrogen and oxygen atoms in total. The molecule has 2 N–H and O–H groups in total. The average Bonchev–Trinajstić information content (AvgIpc) is 3.38. The molecule has 6 rings (SSSR count). The normalized spacial score (nSPS) is 17.2. The second-order valence-corrected chi connectivity index (χ2v) is 10.6. The number of carbonyl (C=O) groups is 1. The van der Waals surface area contributed by atoms with Gasteiger partial charge in [-0.25, -0.2) is 4.98 Å². The highest BCUT2D eigenvalue weighted by atomic mass is 35.5. The van der Waals surface area contributed by atoms with Crippen molar-refractivity contribution in [3.8, 4) is 11.5 Å². The van der Waals surface area contributed by atoms with E-state index in [1.807, 2.05) is 55.5 Å². The fourth-order valence-electron chi connectivity index (χ4n) is 4.38. The zero-order valence-corrected chi connectivity index (χ0v) is 22.6. The van der Waals surface area contributed by atoms with E-state index in [0.29, 0.717) is 33.4 Å². The molecule has 0 aliphatic carbocycles. The summed E-state index contributed by atoms with van der Waals surface area (Å²) in [5.74, 6) is -0.517. The minimum absolute atomic E-state index is 0.0588. The second kappa shape index (κ2) is 10.5. The molecule has 4 aromatic carbocycles. The van der Waals surface area contributed by atoms with Crippen molar-refractivity contribution in [2.75, 3.05) is 4.90 Å². The van der Waals surface area contributed by atoms with Crippen molar-refractivity contribution in [3.05, 3.63) is 96.1 Å². The van der Waals surface area contributed by atoms with Crippen molar-refractivity contribution in [1.29, 1.82) is 0 Å². The molecule has 5 aromatic rings. The molecule has 1 amide bonds. The number of para-hydroxylation sites is 1. The smallest absolute Gasteiger partial charge is 0.248 e. The summed E-state index contributed by atoms with van der Waals surface area (Å²) in [5.41, 5.74) is 4.05. The van der Waals surface area contributed by atoms with Crippen LogP contribution in [-0.4, -0.2) is 26.5 Å². The van der Waals surface area contributed by atoms with Crippen LogP contribution >= 0.6 is 22.9 Å². The maximum Gasteiger partial charge on any atom is 0.248 e.